The Morgan fingerprint density at radius 2 is 1.89 bits per heavy atom. The van der Waals surface area contributed by atoms with Crippen molar-refractivity contribution in [3.8, 4) is 0 Å². The first-order chi connectivity index (χ1) is 8.41. The average Bonchev–Trinajstić information content (AvgIpc) is 2.26. The summed E-state index contributed by atoms with van der Waals surface area (Å²) in [5, 5.41) is 11.0. The number of carboxylic acids is 1. The molecule has 0 aliphatic carbocycles. The normalized spacial score (nSPS) is 10.6. The third kappa shape index (κ3) is 3.65. The lowest BCUT2D eigenvalue weighted by atomic mass is 10.1. The monoisotopic (exact) mass is 255 g/mol. The molecule has 2 N–H and O–H groups in total. The Kier molecular flexibility index (Phi) is 4.53. The van der Waals surface area contributed by atoms with Crippen LogP contribution in [0.4, 0.5) is 8.78 Å². The molecule has 0 saturated heterocycles. The minimum Gasteiger partial charge on any atom is -0.478 e. The number of carbonyl (C=O) groups excluding carboxylic acids is 1. The van der Waals surface area contributed by atoms with Crippen LogP contribution in [0, 0.1) is 11.6 Å². The number of halogens is 2. The first-order valence-electron chi connectivity index (χ1n) is 5.05. The summed E-state index contributed by atoms with van der Waals surface area (Å²) in [5.41, 5.74) is -0.797. The molecule has 96 valence electrons. The number of hydrogen-bond donors (Lipinski definition) is 2. The van der Waals surface area contributed by atoms with Crippen molar-refractivity contribution in [2.45, 2.75) is 6.92 Å². The van der Waals surface area contributed by atoms with Crippen molar-refractivity contribution < 1.29 is 23.5 Å². The van der Waals surface area contributed by atoms with Gasteiger partial charge in [0, 0.05) is 19.0 Å². The van der Waals surface area contributed by atoms with Gasteiger partial charge in [0.15, 0.2) is 0 Å². The van der Waals surface area contributed by atoms with Gasteiger partial charge in [0.05, 0.1) is 5.56 Å². The fourth-order valence-electron chi connectivity index (χ4n) is 1.25. The SMILES string of the molecule is CC(=O)NCC=Cc1c(F)cc(C(=O)O)cc1F. The molecule has 0 aliphatic rings. The minimum atomic E-state index is -1.40. The van der Waals surface area contributed by atoms with Crippen LogP contribution in [-0.2, 0) is 4.79 Å². The number of carboxylic acid groups (broad SMARTS) is 1. The molecule has 0 aliphatic heterocycles. The first-order valence-corrected chi connectivity index (χ1v) is 5.05. The highest BCUT2D eigenvalue weighted by Gasteiger charge is 2.12. The molecule has 1 aromatic carbocycles. The van der Waals surface area contributed by atoms with Crippen molar-refractivity contribution >= 4 is 18.0 Å². The second kappa shape index (κ2) is 5.90. The number of nitrogens with one attached hydrogen (secondary N) is 1. The third-order valence-electron chi connectivity index (χ3n) is 2.08. The lowest BCUT2D eigenvalue weighted by Gasteiger charge is -2.02. The van der Waals surface area contributed by atoms with Crippen LogP contribution in [0.5, 0.6) is 0 Å². The molecule has 0 radical (unpaired) electrons. The van der Waals surface area contributed by atoms with E-state index in [0.717, 1.165) is 18.2 Å². The quantitative estimate of drug-likeness (QED) is 0.862. The van der Waals surface area contributed by atoms with Crippen molar-refractivity contribution in [1.82, 2.24) is 5.32 Å². The van der Waals surface area contributed by atoms with Gasteiger partial charge in [0.2, 0.25) is 5.91 Å². The molecule has 18 heavy (non-hydrogen) atoms. The molecule has 0 bridgehead atoms. The molecule has 0 saturated carbocycles. The van der Waals surface area contributed by atoms with Crippen molar-refractivity contribution in [1.29, 1.82) is 0 Å². The average molecular weight is 255 g/mol. The second-order valence-electron chi connectivity index (χ2n) is 3.50. The summed E-state index contributed by atoms with van der Waals surface area (Å²) in [6.45, 7) is 1.45. The van der Waals surface area contributed by atoms with E-state index in [-0.39, 0.29) is 18.0 Å². The Hall–Kier alpha value is -2.24. The van der Waals surface area contributed by atoms with E-state index in [1.165, 1.54) is 13.0 Å². The largest absolute Gasteiger partial charge is 0.478 e. The van der Waals surface area contributed by atoms with Crippen molar-refractivity contribution in [2.75, 3.05) is 6.54 Å². The highest BCUT2D eigenvalue weighted by molar-refractivity contribution is 5.88. The highest BCUT2D eigenvalue weighted by atomic mass is 19.1. The lowest BCUT2D eigenvalue weighted by Crippen LogP contribution is -2.19. The van der Waals surface area contributed by atoms with E-state index >= 15 is 0 Å². The molecule has 0 fully saturated rings. The molecule has 1 amide bonds. The molecular weight excluding hydrogens is 244 g/mol. The zero-order chi connectivity index (χ0) is 13.7. The van der Waals surface area contributed by atoms with Gasteiger partial charge >= 0.3 is 5.97 Å². The van der Waals surface area contributed by atoms with E-state index in [0.29, 0.717) is 0 Å². The van der Waals surface area contributed by atoms with Crippen LogP contribution >= 0.6 is 0 Å². The van der Waals surface area contributed by atoms with Crippen molar-refractivity contribution in [2.24, 2.45) is 0 Å². The van der Waals surface area contributed by atoms with Gasteiger partial charge in [-0.15, -0.1) is 0 Å². The standard InChI is InChI=1S/C12H11F2NO3/c1-7(16)15-4-2-3-9-10(13)5-8(12(17)18)6-11(9)14/h2-3,5-6H,4H2,1H3,(H,15,16)(H,17,18). The molecule has 4 nitrogen and oxygen atoms in total. The van der Waals surface area contributed by atoms with Crippen LogP contribution in [0.2, 0.25) is 0 Å². The molecule has 0 spiro atoms. The van der Waals surface area contributed by atoms with E-state index in [4.69, 9.17) is 5.11 Å². The third-order valence-corrected chi connectivity index (χ3v) is 2.08. The molecular formula is C12H11F2NO3. The topological polar surface area (TPSA) is 66.4 Å². The maximum atomic E-state index is 13.4. The molecule has 0 aromatic heterocycles. The maximum absolute atomic E-state index is 13.4. The minimum absolute atomic E-state index is 0.134. The van der Waals surface area contributed by atoms with Crippen LogP contribution in [0.15, 0.2) is 18.2 Å². The summed E-state index contributed by atoms with van der Waals surface area (Å²) in [5.74, 6) is -3.60. The second-order valence-corrected chi connectivity index (χ2v) is 3.50. The number of hydrogen-bond acceptors (Lipinski definition) is 2. The van der Waals surface area contributed by atoms with Gasteiger partial charge in [0.1, 0.15) is 11.6 Å². The van der Waals surface area contributed by atoms with Gasteiger partial charge in [-0.25, -0.2) is 13.6 Å². The van der Waals surface area contributed by atoms with E-state index in [9.17, 15) is 18.4 Å². The van der Waals surface area contributed by atoms with Gasteiger partial charge in [-0.3, -0.25) is 4.79 Å². The van der Waals surface area contributed by atoms with Crippen LogP contribution in [0.3, 0.4) is 0 Å². The fourth-order valence-corrected chi connectivity index (χ4v) is 1.25. The van der Waals surface area contributed by atoms with Crippen molar-refractivity contribution in [3.63, 3.8) is 0 Å². The number of amides is 1. The number of aromatic carboxylic acids is 1. The number of carbonyl (C=O) groups is 2. The summed E-state index contributed by atoms with van der Waals surface area (Å²) in [7, 11) is 0. The molecule has 0 heterocycles. The molecule has 6 heteroatoms. The smallest absolute Gasteiger partial charge is 0.335 e. The van der Waals surface area contributed by atoms with E-state index < -0.39 is 23.2 Å². The first kappa shape index (κ1) is 13.8. The Morgan fingerprint density at radius 1 is 1.33 bits per heavy atom. The van der Waals surface area contributed by atoms with E-state index in [1.807, 2.05) is 0 Å². The fraction of sp³-hybridized carbons (Fsp3) is 0.167. The lowest BCUT2D eigenvalue weighted by molar-refractivity contribution is -0.118. The number of rotatable bonds is 4. The zero-order valence-corrected chi connectivity index (χ0v) is 9.54. The van der Waals surface area contributed by atoms with Gasteiger partial charge in [-0.05, 0) is 12.1 Å². The van der Waals surface area contributed by atoms with Gasteiger partial charge < -0.3 is 10.4 Å². The van der Waals surface area contributed by atoms with Crippen LogP contribution < -0.4 is 5.32 Å². The highest BCUT2D eigenvalue weighted by Crippen LogP contribution is 2.17. The van der Waals surface area contributed by atoms with Crippen LogP contribution in [-0.4, -0.2) is 23.5 Å². The summed E-state index contributed by atoms with van der Waals surface area (Å²) in [4.78, 5) is 21.1. The van der Waals surface area contributed by atoms with Crippen LogP contribution in [0.25, 0.3) is 6.08 Å². The summed E-state index contributed by atoms with van der Waals surface area (Å²) in [6, 6.07) is 1.48. The van der Waals surface area contributed by atoms with E-state index in [2.05, 4.69) is 5.32 Å². The molecule has 0 unspecified atom stereocenters. The maximum Gasteiger partial charge on any atom is 0.335 e. The zero-order valence-electron chi connectivity index (χ0n) is 9.54. The summed E-state index contributed by atoms with van der Waals surface area (Å²) in [6.07, 6.45) is 2.51. The van der Waals surface area contributed by atoms with Crippen LogP contribution in [0.1, 0.15) is 22.8 Å². The van der Waals surface area contributed by atoms with Gasteiger partial charge in [-0.1, -0.05) is 12.2 Å². The number of benzene rings is 1. The molecule has 0 atom stereocenters. The predicted molar refractivity (Wildman–Crippen MR) is 61.0 cm³/mol. The Morgan fingerprint density at radius 3 is 2.33 bits per heavy atom. The van der Waals surface area contributed by atoms with E-state index in [1.54, 1.807) is 0 Å². The summed E-state index contributed by atoms with van der Waals surface area (Å²) < 4.78 is 26.8. The van der Waals surface area contributed by atoms with Gasteiger partial charge in [-0.2, -0.15) is 0 Å². The summed E-state index contributed by atoms with van der Waals surface area (Å²) >= 11 is 0. The molecule has 1 rings (SSSR count). The predicted octanol–water partition coefficient (Wildman–Crippen LogP) is 1.81. The Balaban J connectivity index is 2.90. The Labute approximate surface area is 102 Å². The van der Waals surface area contributed by atoms with Gasteiger partial charge in [0.25, 0.3) is 0 Å². The Bertz CT molecular complexity index is 489. The van der Waals surface area contributed by atoms with Crippen molar-refractivity contribution in [3.05, 3.63) is 41.0 Å². The molecule has 1 aromatic rings.